The van der Waals surface area contributed by atoms with Gasteiger partial charge in [0.1, 0.15) is 6.61 Å². The Balaban J connectivity index is 1.52. The molecule has 0 saturated heterocycles. The van der Waals surface area contributed by atoms with Crippen molar-refractivity contribution in [3.63, 3.8) is 0 Å². The van der Waals surface area contributed by atoms with Crippen molar-refractivity contribution in [3.8, 4) is 0 Å². The number of carbonyl (C=O) groups is 1. The lowest BCUT2D eigenvalue weighted by molar-refractivity contribution is 0.155. The minimum absolute atomic E-state index is 0.204. The molecule has 1 aromatic heterocycles. The fourth-order valence-electron chi connectivity index (χ4n) is 2.77. The zero-order chi connectivity index (χ0) is 17.3. The molecular formula is C19H22N4O2. The number of rotatable bonds is 5. The number of ether oxygens (including phenoxy) is 1. The van der Waals surface area contributed by atoms with Gasteiger partial charge in [-0.15, -0.1) is 0 Å². The topological polar surface area (TPSA) is 76.5 Å². The molecule has 0 spiro atoms. The largest absolute Gasteiger partial charge is 0.444 e. The molecule has 1 aliphatic carbocycles. The molecule has 0 unspecified atom stereocenters. The van der Waals surface area contributed by atoms with Crippen LogP contribution >= 0.6 is 0 Å². The summed E-state index contributed by atoms with van der Waals surface area (Å²) in [7, 11) is 0. The number of benzene rings is 1. The van der Waals surface area contributed by atoms with Crippen molar-refractivity contribution < 1.29 is 9.53 Å². The van der Waals surface area contributed by atoms with Gasteiger partial charge >= 0.3 is 6.09 Å². The maximum atomic E-state index is 11.9. The van der Waals surface area contributed by atoms with E-state index in [2.05, 4.69) is 20.3 Å². The van der Waals surface area contributed by atoms with Gasteiger partial charge in [0, 0.05) is 12.4 Å². The fourth-order valence-corrected chi connectivity index (χ4v) is 2.77. The molecule has 1 amide bonds. The van der Waals surface area contributed by atoms with E-state index < -0.39 is 6.09 Å². The third-order valence-corrected chi connectivity index (χ3v) is 4.10. The highest BCUT2D eigenvalue weighted by atomic mass is 16.5. The van der Waals surface area contributed by atoms with Gasteiger partial charge in [-0.2, -0.15) is 0 Å². The van der Waals surface area contributed by atoms with Gasteiger partial charge in [0.2, 0.25) is 5.95 Å². The number of anilines is 1. The second kappa shape index (κ2) is 8.92. The minimum Gasteiger partial charge on any atom is -0.444 e. The zero-order valence-corrected chi connectivity index (χ0v) is 14.1. The van der Waals surface area contributed by atoms with Crippen LogP contribution in [0, 0.1) is 0 Å². The van der Waals surface area contributed by atoms with Crippen LogP contribution in [0.1, 0.15) is 43.4 Å². The van der Waals surface area contributed by atoms with Crippen LogP contribution in [0.25, 0.3) is 0 Å². The van der Waals surface area contributed by atoms with Crippen LogP contribution in [0.2, 0.25) is 0 Å². The molecule has 1 fully saturated rings. The molecule has 0 atom stereocenters. The second-order valence-corrected chi connectivity index (χ2v) is 6.06. The first-order valence-corrected chi connectivity index (χ1v) is 8.63. The summed E-state index contributed by atoms with van der Waals surface area (Å²) < 4.78 is 5.16. The summed E-state index contributed by atoms with van der Waals surface area (Å²) in [4.78, 5) is 24.8. The van der Waals surface area contributed by atoms with Gasteiger partial charge < -0.3 is 4.74 Å². The van der Waals surface area contributed by atoms with Gasteiger partial charge in [0.15, 0.2) is 0 Å². The van der Waals surface area contributed by atoms with E-state index in [0.717, 1.165) is 18.4 Å². The highest BCUT2D eigenvalue weighted by molar-refractivity contribution is 5.83. The Hall–Kier alpha value is -2.76. The van der Waals surface area contributed by atoms with Gasteiger partial charge in [-0.25, -0.2) is 14.8 Å². The van der Waals surface area contributed by atoms with E-state index in [4.69, 9.17) is 4.74 Å². The molecule has 6 nitrogen and oxygen atoms in total. The average Bonchev–Trinajstić information content (AvgIpc) is 2.67. The van der Waals surface area contributed by atoms with Crippen LogP contribution in [0.3, 0.4) is 0 Å². The molecule has 25 heavy (non-hydrogen) atoms. The lowest BCUT2D eigenvalue weighted by Crippen LogP contribution is -2.16. The molecular weight excluding hydrogens is 316 g/mol. The van der Waals surface area contributed by atoms with Gasteiger partial charge in [-0.05, 0) is 24.5 Å². The number of nitrogens with zero attached hydrogens (tertiary/aromatic N) is 3. The number of carbonyl (C=O) groups excluding carboxylic acids is 1. The summed E-state index contributed by atoms with van der Waals surface area (Å²) in [5.74, 6) is 0.214. The first-order chi connectivity index (χ1) is 12.3. The highest BCUT2D eigenvalue weighted by Gasteiger charge is 2.11. The molecule has 1 N–H and O–H groups in total. The Morgan fingerprint density at radius 1 is 1.20 bits per heavy atom. The molecule has 1 heterocycles. The molecule has 0 radical (unpaired) electrons. The molecule has 130 valence electrons. The predicted molar refractivity (Wildman–Crippen MR) is 96.7 cm³/mol. The number of aliphatic imine (C=N–C) groups is 1. The molecule has 0 aliphatic heterocycles. The van der Waals surface area contributed by atoms with Crippen molar-refractivity contribution in [3.05, 3.63) is 53.9 Å². The Morgan fingerprint density at radius 2 is 2.00 bits per heavy atom. The summed E-state index contributed by atoms with van der Waals surface area (Å²) in [5, 5.41) is 2.55. The first kappa shape index (κ1) is 17.1. The molecule has 1 saturated carbocycles. The summed E-state index contributed by atoms with van der Waals surface area (Å²) in [6, 6.07) is 11.7. The number of nitrogens with one attached hydrogen (secondary N) is 1. The van der Waals surface area contributed by atoms with Crippen molar-refractivity contribution in [2.24, 2.45) is 4.99 Å². The van der Waals surface area contributed by atoms with Crippen molar-refractivity contribution >= 4 is 18.3 Å². The van der Waals surface area contributed by atoms with Crippen LogP contribution in [-0.4, -0.2) is 28.3 Å². The molecule has 0 bridgehead atoms. The van der Waals surface area contributed by atoms with Crippen LogP contribution in [0.4, 0.5) is 10.7 Å². The van der Waals surface area contributed by atoms with E-state index in [-0.39, 0.29) is 12.6 Å². The smallest absolute Gasteiger partial charge is 0.414 e. The monoisotopic (exact) mass is 338 g/mol. The van der Waals surface area contributed by atoms with Gasteiger partial charge in [-0.1, -0.05) is 49.6 Å². The predicted octanol–water partition coefficient (Wildman–Crippen LogP) is 3.98. The fraction of sp³-hybridized carbons (Fsp3) is 0.368. The molecule has 3 rings (SSSR count). The Morgan fingerprint density at radius 3 is 2.80 bits per heavy atom. The zero-order valence-electron chi connectivity index (χ0n) is 14.1. The normalized spacial score (nSPS) is 15.2. The number of hydrogen-bond donors (Lipinski definition) is 1. The lowest BCUT2D eigenvalue weighted by Gasteiger charge is -2.16. The second-order valence-electron chi connectivity index (χ2n) is 6.06. The van der Waals surface area contributed by atoms with Crippen LogP contribution in [0.15, 0.2) is 47.6 Å². The minimum atomic E-state index is -0.578. The number of aromatic nitrogens is 2. The van der Waals surface area contributed by atoms with E-state index in [9.17, 15) is 4.79 Å². The SMILES string of the molecule is O=C(Nc1nccc(C=NC2CCCCC2)n1)OCc1ccccc1. The third-order valence-electron chi connectivity index (χ3n) is 4.10. The van der Waals surface area contributed by atoms with E-state index in [1.54, 1.807) is 18.5 Å². The Bertz CT molecular complexity index is 712. The number of hydrogen-bond acceptors (Lipinski definition) is 5. The Labute approximate surface area is 147 Å². The van der Waals surface area contributed by atoms with Crippen molar-refractivity contribution in [2.45, 2.75) is 44.8 Å². The summed E-state index contributed by atoms with van der Waals surface area (Å²) >= 11 is 0. The Kier molecular flexibility index (Phi) is 6.09. The highest BCUT2D eigenvalue weighted by Crippen LogP contribution is 2.20. The van der Waals surface area contributed by atoms with Crippen LogP contribution in [-0.2, 0) is 11.3 Å². The van der Waals surface area contributed by atoms with Crippen molar-refractivity contribution in [1.82, 2.24) is 9.97 Å². The van der Waals surface area contributed by atoms with Gasteiger partial charge in [0.05, 0.1) is 11.7 Å². The molecule has 1 aromatic carbocycles. The number of amides is 1. The first-order valence-electron chi connectivity index (χ1n) is 8.63. The van der Waals surface area contributed by atoms with Crippen molar-refractivity contribution in [2.75, 3.05) is 5.32 Å². The summed E-state index contributed by atoms with van der Waals surface area (Å²) in [5.41, 5.74) is 1.60. The summed E-state index contributed by atoms with van der Waals surface area (Å²) in [6.07, 6.45) is 8.85. The van der Waals surface area contributed by atoms with Gasteiger partial charge in [-0.3, -0.25) is 10.3 Å². The maximum absolute atomic E-state index is 11.9. The molecule has 2 aromatic rings. The maximum Gasteiger partial charge on any atom is 0.414 e. The molecule has 1 aliphatic rings. The van der Waals surface area contributed by atoms with Crippen molar-refractivity contribution in [1.29, 1.82) is 0 Å². The van der Waals surface area contributed by atoms with E-state index in [0.29, 0.717) is 11.7 Å². The third kappa shape index (κ3) is 5.67. The van der Waals surface area contributed by atoms with E-state index in [1.807, 2.05) is 30.3 Å². The van der Waals surface area contributed by atoms with E-state index >= 15 is 0 Å². The molecule has 6 heteroatoms. The quantitative estimate of drug-likeness (QED) is 0.837. The lowest BCUT2D eigenvalue weighted by atomic mass is 9.96. The van der Waals surface area contributed by atoms with Crippen LogP contribution < -0.4 is 5.32 Å². The standard InChI is InChI=1S/C19H22N4O2/c24-19(25-14-15-7-3-1-4-8-15)23-18-20-12-11-17(22-18)13-21-16-9-5-2-6-10-16/h1,3-4,7-8,11-13,16H,2,5-6,9-10,14H2,(H,20,22,23,24). The van der Waals surface area contributed by atoms with E-state index in [1.165, 1.54) is 19.3 Å². The van der Waals surface area contributed by atoms with Crippen LogP contribution in [0.5, 0.6) is 0 Å². The van der Waals surface area contributed by atoms with Gasteiger partial charge in [0.25, 0.3) is 0 Å². The average molecular weight is 338 g/mol. The summed E-state index contributed by atoms with van der Waals surface area (Å²) in [6.45, 7) is 0.204.